The van der Waals surface area contributed by atoms with E-state index in [-0.39, 0.29) is 11.8 Å². The molecule has 0 aliphatic carbocycles. The Kier molecular flexibility index (Phi) is 9.22. The van der Waals surface area contributed by atoms with E-state index < -0.39 is 16.0 Å². The third kappa shape index (κ3) is 6.48. The number of rotatable bonds is 9. The molecular formula is C23H43N5O5S. The van der Waals surface area contributed by atoms with Gasteiger partial charge in [-0.15, -0.1) is 0 Å². The van der Waals surface area contributed by atoms with Crippen LogP contribution < -0.4 is 5.32 Å². The minimum absolute atomic E-state index is 0.0697. The van der Waals surface area contributed by atoms with Gasteiger partial charge in [0.15, 0.2) is 5.79 Å². The van der Waals surface area contributed by atoms with E-state index in [2.05, 4.69) is 22.0 Å². The molecule has 4 aliphatic rings. The van der Waals surface area contributed by atoms with Crippen molar-refractivity contribution in [1.29, 1.82) is 0 Å². The summed E-state index contributed by atoms with van der Waals surface area (Å²) in [4.78, 5) is 17.6. The lowest BCUT2D eigenvalue weighted by Crippen LogP contribution is -2.53. The number of nitrogens with zero attached hydrogens (tertiary/aromatic N) is 4. The fourth-order valence-electron chi connectivity index (χ4n) is 5.57. The van der Waals surface area contributed by atoms with Gasteiger partial charge < -0.3 is 24.6 Å². The molecule has 0 unspecified atom stereocenters. The molecule has 0 aromatic heterocycles. The number of hydrogen-bond donors (Lipinski definition) is 1. The molecule has 0 atom stereocenters. The molecule has 10 nitrogen and oxygen atoms in total. The number of hydrogen-bond acceptors (Lipinski definition) is 7. The van der Waals surface area contributed by atoms with Crippen LogP contribution in [-0.4, -0.2) is 124 Å². The Labute approximate surface area is 205 Å². The molecule has 4 saturated heterocycles. The van der Waals surface area contributed by atoms with Crippen molar-refractivity contribution in [3.63, 3.8) is 0 Å². The maximum absolute atomic E-state index is 13.1. The highest BCUT2D eigenvalue weighted by Crippen LogP contribution is 2.33. The van der Waals surface area contributed by atoms with Gasteiger partial charge in [-0.3, -0.25) is 4.79 Å². The molecule has 196 valence electrons. The zero-order valence-corrected chi connectivity index (χ0v) is 21.6. The molecule has 1 amide bonds. The van der Waals surface area contributed by atoms with Gasteiger partial charge in [0, 0.05) is 77.7 Å². The van der Waals surface area contributed by atoms with Crippen molar-refractivity contribution in [3.05, 3.63) is 0 Å². The largest absolute Gasteiger partial charge is 0.356 e. The average molecular weight is 502 g/mol. The van der Waals surface area contributed by atoms with E-state index in [1.54, 1.807) is 8.61 Å². The monoisotopic (exact) mass is 501 g/mol. The Morgan fingerprint density at radius 2 is 1.44 bits per heavy atom. The lowest BCUT2D eigenvalue weighted by atomic mass is 9.97. The molecule has 0 aromatic rings. The standard InChI is InChI=1S/C23H43N5O5S/c1-2-9-25-15-17-26(18-16-25)10-3-8-24-22(29)21-4-11-27(12-5-21)34(30,31)28-13-6-23(7-14-28)32-19-20-33-23/h21H,2-20H2,1H3,(H,24,29). The van der Waals surface area contributed by atoms with Crippen LogP contribution in [0.3, 0.4) is 0 Å². The summed E-state index contributed by atoms with van der Waals surface area (Å²) >= 11 is 0. The molecule has 4 rings (SSSR count). The Bertz CT molecular complexity index is 750. The highest BCUT2D eigenvalue weighted by atomic mass is 32.2. The Hall–Kier alpha value is -0.820. The summed E-state index contributed by atoms with van der Waals surface area (Å²) < 4.78 is 40.7. The summed E-state index contributed by atoms with van der Waals surface area (Å²) in [5, 5.41) is 3.08. The molecular weight excluding hydrogens is 458 g/mol. The van der Waals surface area contributed by atoms with Crippen molar-refractivity contribution in [2.45, 2.75) is 51.2 Å². The smallest absolute Gasteiger partial charge is 0.281 e. The van der Waals surface area contributed by atoms with Crippen LogP contribution in [0.5, 0.6) is 0 Å². The zero-order valence-electron chi connectivity index (χ0n) is 20.8. The fourth-order valence-corrected chi connectivity index (χ4v) is 7.21. The van der Waals surface area contributed by atoms with E-state index in [0.717, 1.165) is 39.1 Å². The molecule has 34 heavy (non-hydrogen) atoms. The normalized spacial score (nSPS) is 26.3. The van der Waals surface area contributed by atoms with Crippen molar-refractivity contribution in [3.8, 4) is 0 Å². The molecule has 0 saturated carbocycles. The highest BCUT2D eigenvalue weighted by molar-refractivity contribution is 7.86. The predicted molar refractivity (Wildman–Crippen MR) is 129 cm³/mol. The van der Waals surface area contributed by atoms with Gasteiger partial charge in [0.1, 0.15) is 0 Å². The summed E-state index contributed by atoms with van der Waals surface area (Å²) in [6.07, 6.45) is 4.46. The van der Waals surface area contributed by atoms with Gasteiger partial charge >= 0.3 is 0 Å². The Morgan fingerprint density at radius 3 is 2.03 bits per heavy atom. The minimum atomic E-state index is -3.51. The van der Waals surface area contributed by atoms with Crippen molar-refractivity contribution in [1.82, 2.24) is 23.7 Å². The lowest BCUT2D eigenvalue weighted by molar-refractivity contribution is -0.179. The summed E-state index contributed by atoms with van der Waals surface area (Å²) in [6, 6.07) is 0. The van der Waals surface area contributed by atoms with Crippen molar-refractivity contribution in [2.24, 2.45) is 5.92 Å². The number of ether oxygens (including phenoxy) is 2. The van der Waals surface area contributed by atoms with Crippen LogP contribution in [0, 0.1) is 5.92 Å². The SMILES string of the molecule is CCCN1CCN(CCCNC(=O)C2CCN(S(=O)(=O)N3CCC4(CC3)OCCO4)CC2)CC1. The number of amides is 1. The number of piperazine rings is 1. The van der Waals surface area contributed by atoms with Crippen LogP contribution in [-0.2, 0) is 24.5 Å². The average Bonchev–Trinajstić information content (AvgIpc) is 3.31. The Morgan fingerprint density at radius 1 is 0.882 bits per heavy atom. The summed E-state index contributed by atoms with van der Waals surface area (Å²) in [7, 11) is -3.51. The van der Waals surface area contributed by atoms with Gasteiger partial charge in [0.05, 0.1) is 13.2 Å². The molecule has 0 radical (unpaired) electrons. The number of carbonyl (C=O) groups excluding carboxylic acids is 1. The van der Waals surface area contributed by atoms with E-state index in [1.807, 2.05) is 0 Å². The van der Waals surface area contributed by atoms with Gasteiger partial charge in [-0.1, -0.05) is 6.92 Å². The topological polar surface area (TPSA) is 94.7 Å². The van der Waals surface area contributed by atoms with Crippen molar-refractivity contribution >= 4 is 16.1 Å². The van der Waals surface area contributed by atoms with Crippen LogP contribution in [0.2, 0.25) is 0 Å². The van der Waals surface area contributed by atoms with Gasteiger partial charge in [-0.05, 0) is 38.8 Å². The van der Waals surface area contributed by atoms with E-state index in [4.69, 9.17) is 9.47 Å². The molecule has 1 spiro atoms. The molecule has 0 aromatic carbocycles. The first-order chi connectivity index (χ1) is 16.4. The van der Waals surface area contributed by atoms with Gasteiger partial charge in [-0.2, -0.15) is 17.0 Å². The summed E-state index contributed by atoms with van der Waals surface area (Å²) in [6.45, 7) is 12.4. The maximum atomic E-state index is 13.1. The molecule has 4 aliphatic heterocycles. The van der Waals surface area contributed by atoms with E-state index in [9.17, 15) is 13.2 Å². The predicted octanol–water partition coefficient (Wildman–Crippen LogP) is 0.316. The lowest BCUT2D eigenvalue weighted by Gasteiger charge is -2.40. The maximum Gasteiger partial charge on any atom is 0.281 e. The van der Waals surface area contributed by atoms with Gasteiger partial charge in [0.2, 0.25) is 5.91 Å². The van der Waals surface area contributed by atoms with E-state index >= 15 is 0 Å². The second-order valence-electron chi connectivity index (χ2n) is 10.0. The molecule has 4 heterocycles. The first kappa shape index (κ1) is 26.2. The first-order valence-corrected chi connectivity index (χ1v) is 14.6. The van der Waals surface area contributed by atoms with Crippen molar-refractivity contribution < 1.29 is 22.7 Å². The zero-order chi connectivity index (χ0) is 24.0. The van der Waals surface area contributed by atoms with Crippen LogP contribution >= 0.6 is 0 Å². The second kappa shape index (κ2) is 11.9. The molecule has 0 bridgehead atoms. The number of carbonyl (C=O) groups is 1. The quantitative estimate of drug-likeness (QED) is 0.455. The number of nitrogens with one attached hydrogen (secondary N) is 1. The minimum Gasteiger partial charge on any atom is -0.356 e. The van der Waals surface area contributed by atoms with Crippen LogP contribution in [0.4, 0.5) is 0 Å². The number of piperidine rings is 2. The van der Waals surface area contributed by atoms with Crippen LogP contribution in [0.1, 0.15) is 45.4 Å². The van der Waals surface area contributed by atoms with Gasteiger partial charge in [0.25, 0.3) is 10.2 Å². The third-order valence-corrected chi connectivity index (χ3v) is 9.77. The summed E-state index contributed by atoms with van der Waals surface area (Å²) in [5.41, 5.74) is 0. The van der Waals surface area contributed by atoms with Crippen molar-refractivity contribution in [2.75, 3.05) is 85.2 Å². The van der Waals surface area contributed by atoms with E-state index in [0.29, 0.717) is 71.6 Å². The molecule has 1 N–H and O–H groups in total. The second-order valence-corrected chi connectivity index (χ2v) is 11.9. The first-order valence-electron chi connectivity index (χ1n) is 13.2. The van der Waals surface area contributed by atoms with E-state index in [1.165, 1.54) is 13.0 Å². The highest BCUT2D eigenvalue weighted by Gasteiger charge is 2.44. The summed E-state index contributed by atoms with van der Waals surface area (Å²) in [5.74, 6) is -0.616. The fraction of sp³-hybridized carbons (Fsp3) is 0.957. The van der Waals surface area contributed by atoms with Crippen LogP contribution in [0.15, 0.2) is 0 Å². The third-order valence-electron chi connectivity index (χ3n) is 7.73. The Balaban J connectivity index is 1.12. The molecule has 4 fully saturated rings. The van der Waals surface area contributed by atoms with Gasteiger partial charge in [-0.25, -0.2) is 0 Å². The van der Waals surface area contributed by atoms with Crippen LogP contribution in [0.25, 0.3) is 0 Å². The molecule has 11 heteroatoms.